The van der Waals surface area contributed by atoms with Crippen molar-refractivity contribution in [2.75, 3.05) is 6.67 Å². The van der Waals surface area contributed by atoms with Crippen LogP contribution in [0.2, 0.25) is 0 Å². The Bertz CT molecular complexity index is 1350. The molecule has 0 N–H and O–H groups in total. The Morgan fingerprint density at radius 3 is 2.48 bits per heavy atom. The van der Waals surface area contributed by atoms with Gasteiger partial charge in [0.15, 0.2) is 0 Å². The number of nitrogens with zero attached hydrogens (tertiary/aromatic N) is 4. The molecule has 0 spiro atoms. The highest BCUT2D eigenvalue weighted by atomic mass is 19.1. The quantitative estimate of drug-likeness (QED) is 0.294. The number of hydrogen-bond donors (Lipinski definition) is 0. The number of alkyl halides is 1. The van der Waals surface area contributed by atoms with E-state index in [0.717, 1.165) is 44.7 Å². The fourth-order valence-corrected chi connectivity index (χ4v) is 3.77. The lowest BCUT2D eigenvalue weighted by atomic mass is 10.0. The van der Waals surface area contributed by atoms with Gasteiger partial charge in [0, 0.05) is 41.6 Å². The van der Waals surface area contributed by atoms with Crippen LogP contribution in [0.4, 0.5) is 4.39 Å². The number of halogens is 1. The molecular formula is C27H23FN4O. The fraction of sp³-hybridized carbons (Fsp3) is 0.148. The third-order valence-corrected chi connectivity index (χ3v) is 5.44. The number of pyridine rings is 2. The van der Waals surface area contributed by atoms with Crippen LogP contribution in [0.3, 0.4) is 0 Å². The van der Waals surface area contributed by atoms with Gasteiger partial charge in [-0.1, -0.05) is 24.3 Å². The Morgan fingerprint density at radius 2 is 1.67 bits per heavy atom. The van der Waals surface area contributed by atoms with E-state index < -0.39 is 0 Å². The van der Waals surface area contributed by atoms with Gasteiger partial charge in [0.25, 0.3) is 0 Å². The van der Waals surface area contributed by atoms with Gasteiger partial charge in [0.2, 0.25) is 0 Å². The highest BCUT2D eigenvalue weighted by molar-refractivity contribution is 5.80. The van der Waals surface area contributed by atoms with Gasteiger partial charge in [0.1, 0.15) is 18.1 Å². The number of benzene rings is 2. The van der Waals surface area contributed by atoms with Crippen molar-refractivity contribution in [1.82, 2.24) is 19.7 Å². The Morgan fingerprint density at radius 1 is 0.848 bits per heavy atom. The first-order valence-electron chi connectivity index (χ1n) is 10.9. The fourth-order valence-electron chi connectivity index (χ4n) is 3.77. The van der Waals surface area contributed by atoms with Crippen LogP contribution in [0, 0.1) is 0 Å². The molecule has 5 nitrogen and oxygen atoms in total. The van der Waals surface area contributed by atoms with E-state index in [1.807, 2.05) is 72.9 Å². The first kappa shape index (κ1) is 20.8. The van der Waals surface area contributed by atoms with Crippen molar-refractivity contribution in [3.05, 3.63) is 97.1 Å². The van der Waals surface area contributed by atoms with Gasteiger partial charge >= 0.3 is 0 Å². The average Bonchev–Trinajstić information content (AvgIpc) is 3.31. The summed E-state index contributed by atoms with van der Waals surface area (Å²) in [5, 5.41) is 5.84. The standard InChI is InChI=1S/C27H23FN4O/c28-14-3-17-32-18-25(20-12-15-29-16-13-20)27(31-32)22-7-10-24(11-8-22)33-19-23-9-6-21-4-1-2-5-26(21)30-23/h1-2,4-13,15-16,18H,3,14,17,19H2. The second-order valence-electron chi connectivity index (χ2n) is 7.74. The highest BCUT2D eigenvalue weighted by Gasteiger charge is 2.13. The summed E-state index contributed by atoms with van der Waals surface area (Å²) in [4.78, 5) is 8.76. The van der Waals surface area contributed by atoms with Crippen LogP contribution in [-0.2, 0) is 13.2 Å². The molecule has 0 atom stereocenters. The van der Waals surface area contributed by atoms with Crippen LogP contribution in [-0.4, -0.2) is 26.4 Å². The molecule has 33 heavy (non-hydrogen) atoms. The lowest BCUT2D eigenvalue weighted by Crippen LogP contribution is -1.99. The van der Waals surface area contributed by atoms with Gasteiger partial charge in [0.05, 0.1) is 17.9 Å². The summed E-state index contributed by atoms with van der Waals surface area (Å²) >= 11 is 0. The summed E-state index contributed by atoms with van der Waals surface area (Å²) < 4.78 is 20.5. The molecule has 2 aromatic carbocycles. The molecule has 0 bridgehead atoms. The van der Waals surface area contributed by atoms with Gasteiger partial charge in [-0.25, -0.2) is 4.98 Å². The molecule has 0 saturated heterocycles. The normalized spacial score (nSPS) is 11.1. The zero-order valence-corrected chi connectivity index (χ0v) is 18.1. The van der Waals surface area contributed by atoms with Gasteiger partial charge in [-0.2, -0.15) is 5.10 Å². The second kappa shape index (κ2) is 9.61. The van der Waals surface area contributed by atoms with E-state index in [0.29, 0.717) is 19.6 Å². The zero-order chi connectivity index (χ0) is 22.5. The molecule has 5 rings (SSSR count). The van der Waals surface area contributed by atoms with Crippen molar-refractivity contribution in [2.24, 2.45) is 0 Å². The monoisotopic (exact) mass is 438 g/mol. The molecule has 164 valence electrons. The second-order valence-corrected chi connectivity index (χ2v) is 7.74. The maximum absolute atomic E-state index is 12.7. The molecule has 0 saturated carbocycles. The van der Waals surface area contributed by atoms with E-state index in [1.54, 1.807) is 17.1 Å². The Hall–Kier alpha value is -4.06. The molecule has 0 fully saturated rings. The number of aryl methyl sites for hydroxylation is 1. The summed E-state index contributed by atoms with van der Waals surface area (Å²) in [6.45, 7) is 0.566. The van der Waals surface area contributed by atoms with Crippen molar-refractivity contribution in [1.29, 1.82) is 0 Å². The summed E-state index contributed by atoms with van der Waals surface area (Å²) in [6.07, 6.45) is 5.92. The molecule has 0 aliphatic heterocycles. The maximum Gasteiger partial charge on any atom is 0.130 e. The van der Waals surface area contributed by atoms with Crippen molar-refractivity contribution in [3.63, 3.8) is 0 Å². The predicted molar refractivity (Wildman–Crippen MR) is 128 cm³/mol. The third kappa shape index (κ3) is 4.75. The molecule has 0 aliphatic rings. The minimum absolute atomic E-state index is 0.363. The minimum atomic E-state index is -0.363. The molecule has 0 amide bonds. The Balaban J connectivity index is 1.35. The molecule has 3 aromatic heterocycles. The van der Waals surface area contributed by atoms with Crippen molar-refractivity contribution in [3.8, 4) is 28.1 Å². The van der Waals surface area contributed by atoms with E-state index in [1.165, 1.54) is 0 Å². The van der Waals surface area contributed by atoms with Crippen LogP contribution < -0.4 is 4.74 Å². The van der Waals surface area contributed by atoms with Crippen LogP contribution in [0.25, 0.3) is 33.3 Å². The molecule has 0 radical (unpaired) electrons. The van der Waals surface area contributed by atoms with Gasteiger partial charge in [-0.05, 0) is 60.5 Å². The van der Waals surface area contributed by atoms with E-state index in [-0.39, 0.29) is 6.67 Å². The number of aromatic nitrogens is 4. The van der Waals surface area contributed by atoms with Crippen LogP contribution in [0.5, 0.6) is 5.75 Å². The molecular weight excluding hydrogens is 415 g/mol. The summed E-state index contributed by atoms with van der Waals surface area (Å²) in [5.74, 6) is 0.760. The lowest BCUT2D eigenvalue weighted by molar-refractivity contribution is 0.302. The number of rotatable bonds is 8. The van der Waals surface area contributed by atoms with Crippen LogP contribution >= 0.6 is 0 Å². The first-order valence-corrected chi connectivity index (χ1v) is 10.9. The van der Waals surface area contributed by atoms with Crippen LogP contribution in [0.15, 0.2) is 91.4 Å². The average molecular weight is 439 g/mol. The van der Waals surface area contributed by atoms with Gasteiger partial charge in [-0.15, -0.1) is 0 Å². The van der Waals surface area contributed by atoms with Crippen molar-refractivity contribution < 1.29 is 9.13 Å². The van der Waals surface area contributed by atoms with E-state index in [4.69, 9.17) is 9.84 Å². The molecule has 0 unspecified atom stereocenters. The number of fused-ring (bicyclic) bond motifs is 1. The summed E-state index contributed by atoms with van der Waals surface area (Å²) in [7, 11) is 0. The Labute approximate surface area is 191 Å². The highest BCUT2D eigenvalue weighted by Crippen LogP contribution is 2.32. The molecule has 3 heterocycles. The molecule has 5 aromatic rings. The van der Waals surface area contributed by atoms with E-state index in [9.17, 15) is 4.39 Å². The largest absolute Gasteiger partial charge is 0.487 e. The van der Waals surface area contributed by atoms with E-state index >= 15 is 0 Å². The SMILES string of the molecule is FCCCn1cc(-c2ccncc2)c(-c2ccc(OCc3ccc4ccccc4n3)cc2)n1. The van der Waals surface area contributed by atoms with Crippen LogP contribution in [0.1, 0.15) is 12.1 Å². The maximum atomic E-state index is 12.7. The zero-order valence-electron chi connectivity index (χ0n) is 18.1. The lowest BCUT2D eigenvalue weighted by Gasteiger charge is -2.08. The number of para-hydroxylation sites is 1. The smallest absolute Gasteiger partial charge is 0.130 e. The van der Waals surface area contributed by atoms with Crippen molar-refractivity contribution in [2.45, 2.75) is 19.6 Å². The number of ether oxygens (including phenoxy) is 1. The minimum Gasteiger partial charge on any atom is -0.487 e. The predicted octanol–water partition coefficient (Wildman–Crippen LogP) is 6.10. The summed E-state index contributed by atoms with van der Waals surface area (Å²) in [6, 6.07) is 23.9. The van der Waals surface area contributed by atoms with E-state index in [2.05, 4.69) is 16.0 Å². The first-order chi connectivity index (χ1) is 16.3. The van der Waals surface area contributed by atoms with Gasteiger partial charge in [-0.3, -0.25) is 14.1 Å². The van der Waals surface area contributed by atoms with Crippen molar-refractivity contribution >= 4 is 10.9 Å². The topological polar surface area (TPSA) is 52.8 Å². The van der Waals surface area contributed by atoms with Gasteiger partial charge < -0.3 is 4.74 Å². The molecule has 6 heteroatoms. The Kier molecular flexibility index (Phi) is 6.06. The third-order valence-electron chi connectivity index (χ3n) is 5.44. The number of hydrogen-bond acceptors (Lipinski definition) is 4. The summed E-state index contributed by atoms with van der Waals surface area (Å²) in [5.41, 5.74) is 5.67. The molecule has 0 aliphatic carbocycles.